The summed E-state index contributed by atoms with van der Waals surface area (Å²) >= 11 is 16.9. The Kier molecular flexibility index (Phi) is 2.94. The van der Waals surface area contributed by atoms with Crippen molar-refractivity contribution in [2.24, 2.45) is 0 Å². The molecule has 0 saturated heterocycles. The lowest BCUT2D eigenvalue weighted by Gasteiger charge is -2.00. The van der Waals surface area contributed by atoms with Gasteiger partial charge in [0, 0.05) is 6.92 Å². The van der Waals surface area contributed by atoms with Crippen molar-refractivity contribution in [2.75, 3.05) is 0 Å². The molecule has 0 fully saturated rings. The molecule has 5 heteroatoms. The molecule has 12 heavy (non-hydrogen) atoms. The van der Waals surface area contributed by atoms with Crippen LogP contribution in [0.1, 0.15) is 17.4 Å². The maximum Gasteiger partial charge on any atom is 0.178 e. The van der Waals surface area contributed by atoms with Crippen LogP contribution in [0, 0.1) is 0 Å². The van der Waals surface area contributed by atoms with Crippen molar-refractivity contribution in [1.29, 1.82) is 0 Å². The normalized spacial score (nSPS) is 10.0. The minimum Gasteiger partial charge on any atom is -0.293 e. The van der Waals surface area contributed by atoms with Gasteiger partial charge in [0.25, 0.3) is 0 Å². The Bertz CT molecular complexity index is 314. The number of carbonyl (C=O) groups is 1. The summed E-state index contributed by atoms with van der Waals surface area (Å²) in [6.07, 6.45) is 0. The van der Waals surface area contributed by atoms with Gasteiger partial charge in [-0.3, -0.25) is 4.79 Å². The summed E-state index contributed by atoms with van der Waals surface area (Å²) in [7, 11) is 0. The summed E-state index contributed by atoms with van der Waals surface area (Å²) in [5.41, 5.74) is 0.217. The van der Waals surface area contributed by atoms with E-state index in [9.17, 15) is 4.79 Å². The van der Waals surface area contributed by atoms with Gasteiger partial charge in [0.15, 0.2) is 5.78 Å². The Hall–Kier alpha value is -0.310. The van der Waals surface area contributed by atoms with Gasteiger partial charge < -0.3 is 0 Å². The minimum atomic E-state index is -0.199. The zero-order chi connectivity index (χ0) is 9.30. The molecule has 0 aliphatic heterocycles. The lowest BCUT2D eigenvalue weighted by atomic mass is 10.3. The predicted octanol–water partition coefficient (Wildman–Crippen LogP) is 3.24. The molecule has 0 aliphatic rings. The van der Waals surface area contributed by atoms with Gasteiger partial charge in [-0.05, 0) is 6.07 Å². The molecule has 64 valence electrons. The van der Waals surface area contributed by atoms with E-state index in [1.54, 1.807) is 0 Å². The Morgan fingerprint density at radius 3 is 2.42 bits per heavy atom. The van der Waals surface area contributed by atoms with Gasteiger partial charge in [0.2, 0.25) is 0 Å². The molecule has 0 spiro atoms. The molecule has 0 radical (unpaired) electrons. The van der Waals surface area contributed by atoms with Crippen LogP contribution in [-0.4, -0.2) is 10.8 Å². The van der Waals surface area contributed by atoms with E-state index in [4.69, 9.17) is 34.8 Å². The fourth-order valence-corrected chi connectivity index (χ4v) is 1.18. The second-order valence-corrected chi connectivity index (χ2v) is 3.29. The van der Waals surface area contributed by atoms with Gasteiger partial charge in [-0.15, -0.1) is 0 Å². The summed E-state index contributed by atoms with van der Waals surface area (Å²) in [4.78, 5) is 14.6. The molecule has 0 atom stereocenters. The number of ketones is 1. The molecule has 0 N–H and O–H groups in total. The maximum atomic E-state index is 10.8. The molecule has 1 rings (SSSR count). The summed E-state index contributed by atoms with van der Waals surface area (Å²) in [6, 6.07) is 1.39. The van der Waals surface area contributed by atoms with E-state index in [-0.39, 0.29) is 26.7 Å². The lowest BCUT2D eigenvalue weighted by molar-refractivity contribution is 0.101. The Morgan fingerprint density at radius 1 is 1.42 bits per heavy atom. The molecule has 0 unspecified atom stereocenters. The highest BCUT2D eigenvalue weighted by atomic mass is 35.5. The third-order valence-electron chi connectivity index (χ3n) is 1.23. The highest BCUT2D eigenvalue weighted by molar-refractivity contribution is 6.47. The highest BCUT2D eigenvalue weighted by Crippen LogP contribution is 2.28. The molecular formula is C7H4Cl3NO. The molecule has 0 aliphatic carbocycles. The maximum absolute atomic E-state index is 10.8. The summed E-state index contributed by atoms with van der Waals surface area (Å²) < 4.78 is 0. The number of rotatable bonds is 1. The van der Waals surface area contributed by atoms with E-state index >= 15 is 0 Å². The summed E-state index contributed by atoms with van der Waals surface area (Å²) in [5.74, 6) is -0.199. The summed E-state index contributed by atoms with van der Waals surface area (Å²) in [5, 5.41) is 0.458. The standard InChI is InChI=1S/C7H4Cl3NO/c1-3(12)5-2-4(8)6(9)7(10)11-5/h2H,1H3. The Morgan fingerprint density at radius 2 is 2.00 bits per heavy atom. The van der Waals surface area contributed by atoms with Gasteiger partial charge >= 0.3 is 0 Å². The zero-order valence-corrected chi connectivity index (χ0v) is 8.33. The number of Topliss-reactive ketones (excluding diaryl/α,β-unsaturated/α-hetero) is 1. The van der Waals surface area contributed by atoms with E-state index in [1.807, 2.05) is 0 Å². The first-order valence-corrected chi connectivity index (χ1v) is 4.18. The number of halogens is 3. The van der Waals surface area contributed by atoms with Crippen LogP contribution in [-0.2, 0) is 0 Å². The molecule has 0 amide bonds. The average Bonchev–Trinajstić information content (AvgIpc) is 1.99. The summed E-state index contributed by atoms with van der Waals surface area (Å²) in [6.45, 7) is 1.38. The van der Waals surface area contributed by atoms with E-state index in [0.717, 1.165) is 0 Å². The third kappa shape index (κ3) is 1.89. The third-order valence-corrected chi connectivity index (χ3v) is 2.38. The quantitative estimate of drug-likeness (QED) is 0.541. The second kappa shape index (κ2) is 3.60. The van der Waals surface area contributed by atoms with Crippen LogP contribution in [0.25, 0.3) is 0 Å². The molecule has 2 nitrogen and oxygen atoms in total. The van der Waals surface area contributed by atoms with Crippen molar-refractivity contribution in [1.82, 2.24) is 4.98 Å². The fraction of sp³-hybridized carbons (Fsp3) is 0.143. The van der Waals surface area contributed by atoms with E-state index in [1.165, 1.54) is 13.0 Å². The number of aromatic nitrogens is 1. The zero-order valence-electron chi connectivity index (χ0n) is 6.07. The van der Waals surface area contributed by atoms with Crippen LogP contribution < -0.4 is 0 Å². The number of hydrogen-bond donors (Lipinski definition) is 0. The fourth-order valence-electron chi connectivity index (χ4n) is 0.649. The smallest absolute Gasteiger partial charge is 0.178 e. The minimum absolute atomic E-state index is 0.0503. The molecule has 0 bridgehead atoms. The van der Waals surface area contributed by atoms with Gasteiger partial charge in [0.1, 0.15) is 10.8 Å². The van der Waals surface area contributed by atoms with Crippen LogP contribution in [0.5, 0.6) is 0 Å². The Labute approximate surface area is 84.5 Å². The van der Waals surface area contributed by atoms with E-state index in [2.05, 4.69) is 4.98 Å². The van der Waals surface area contributed by atoms with Crippen molar-refractivity contribution >= 4 is 40.6 Å². The molecular weight excluding hydrogens is 220 g/mol. The first kappa shape index (κ1) is 9.78. The van der Waals surface area contributed by atoms with E-state index in [0.29, 0.717) is 0 Å². The molecule has 1 heterocycles. The topological polar surface area (TPSA) is 30.0 Å². The van der Waals surface area contributed by atoms with Crippen molar-refractivity contribution in [3.63, 3.8) is 0 Å². The van der Waals surface area contributed by atoms with Crippen LogP contribution in [0.3, 0.4) is 0 Å². The van der Waals surface area contributed by atoms with Gasteiger partial charge in [0.05, 0.1) is 10.0 Å². The number of hydrogen-bond acceptors (Lipinski definition) is 2. The average molecular weight is 224 g/mol. The Balaban J connectivity index is 3.31. The van der Waals surface area contributed by atoms with Crippen LogP contribution in [0.2, 0.25) is 15.2 Å². The van der Waals surface area contributed by atoms with Crippen LogP contribution >= 0.6 is 34.8 Å². The molecule has 0 aromatic carbocycles. The monoisotopic (exact) mass is 223 g/mol. The first-order chi connectivity index (χ1) is 5.52. The molecule has 1 aromatic heterocycles. The largest absolute Gasteiger partial charge is 0.293 e. The van der Waals surface area contributed by atoms with Crippen molar-refractivity contribution < 1.29 is 4.79 Å². The van der Waals surface area contributed by atoms with Crippen LogP contribution in [0.4, 0.5) is 0 Å². The number of carbonyl (C=O) groups excluding carboxylic acids is 1. The van der Waals surface area contributed by atoms with Gasteiger partial charge in [-0.2, -0.15) is 0 Å². The van der Waals surface area contributed by atoms with Crippen molar-refractivity contribution in [3.05, 3.63) is 27.0 Å². The number of nitrogens with zero attached hydrogens (tertiary/aromatic N) is 1. The van der Waals surface area contributed by atoms with Gasteiger partial charge in [-0.1, -0.05) is 34.8 Å². The van der Waals surface area contributed by atoms with Gasteiger partial charge in [-0.25, -0.2) is 4.98 Å². The van der Waals surface area contributed by atoms with E-state index < -0.39 is 0 Å². The lowest BCUT2D eigenvalue weighted by Crippen LogP contribution is -1.96. The molecule has 0 saturated carbocycles. The van der Waals surface area contributed by atoms with Crippen molar-refractivity contribution in [2.45, 2.75) is 6.92 Å². The molecule has 1 aromatic rings. The van der Waals surface area contributed by atoms with Crippen molar-refractivity contribution in [3.8, 4) is 0 Å². The first-order valence-electron chi connectivity index (χ1n) is 3.05. The predicted molar refractivity (Wildman–Crippen MR) is 49.3 cm³/mol. The highest BCUT2D eigenvalue weighted by Gasteiger charge is 2.09. The van der Waals surface area contributed by atoms with Crippen LogP contribution in [0.15, 0.2) is 6.07 Å². The second-order valence-electron chi connectivity index (χ2n) is 2.15. The number of pyridine rings is 1. The SMILES string of the molecule is CC(=O)c1cc(Cl)c(Cl)c(Cl)n1.